The van der Waals surface area contributed by atoms with Gasteiger partial charge in [0.2, 0.25) is 0 Å². The van der Waals surface area contributed by atoms with Gasteiger partial charge in [-0.15, -0.1) is 0 Å². The smallest absolute Gasteiger partial charge is 0.303 e. The number of nitrogen functional groups attached to an aromatic ring is 1. The van der Waals surface area contributed by atoms with Crippen LogP contribution in [0.3, 0.4) is 0 Å². The molecule has 0 bridgehead atoms. The van der Waals surface area contributed by atoms with Gasteiger partial charge in [0.1, 0.15) is 5.82 Å². The first-order valence-electron chi connectivity index (χ1n) is 12.5. The van der Waals surface area contributed by atoms with E-state index in [1.54, 1.807) is 4.52 Å². The number of anilines is 1. The predicted octanol–water partition coefficient (Wildman–Crippen LogP) is 6.55. The third kappa shape index (κ3) is 3.98. The van der Waals surface area contributed by atoms with Crippen LogP contribution in [0.2, 0.25) is 0 Å². The van der Waals surface area contributed by atoms with Gasteiger partial charge in [0, 0.05) is 23.5 Å². The number of carboxylic acids is 1. The van der Waals surface area contributed by atoms with E-state index < -0.39 is 5.97 Å². The second kappa shape index (κ2) is 9.11. The Morgan fingerprint density at radius 2 is 1.64 bits per heavy atom. The van der Waals surface area contributed by atoms with Crippen LogP contribution in [-0.4, -0.2) is 25.7 Å². The van der Waals surface area contributed by atoms with Crippen molar-refractivity contribution in [3.05, 3.63) is 84.7 Å². The molecule has 0 saturated heterocycles. The van der Waals surface area contributed by atoms with Crippen LogP contribution in [0.1, 0.15) is 43.7 Å². The molecule has 36 heavy (non-hydrogen) atoms. The van der Waals surface area contributed by atoms with Crippen LogP contribution in [0, 0.1) is 5.92 Å². The first-order valence-corrected chi connectivity index (χ1v) is 12.5. The van der Waals surface area contributed by atoms with Gasteiger partial charge in [-0.1, -0.05) is 66.7 Å². The molecule has 6 heteroatoms. The Morgan fingerprint density at radius 1 is 0.917 bits per heavy atom. The number of benzene rings is 3. The lowest BCUT2D eigenvalue weighted by Crippen LogP contribution is -2.19. The SMILES string of the molecule is Nc1c(-c2ccccc2)c([C@H]2CC[C@@H](CC(=O)O)CC2)nc2c(-c3ccc4ccccc4c3)cnn12. The van der Waals surface area contributed by atoms with Crippen molar-refractivity contribution in [2.75, 3.05) is 5.73 Å². The first kappa shape index (κ1) is 22.3. The number of hydrogen-bond donors (Lipinski definition) is 2. The molecule has 0 radical (unpaired) electrons. The van der Waals surface area contributed by atoms with Gasteiger partial charge < -0.3 is 10.8 Å². The van der Waals surface area contributed by atoms with Gasteiger partial charge in [0.25, 0.3) is 0 Å². The van der Waals surface area contributed by atoms with Crippen molar-refractivity contribution in [2.24, 2.45) is 5.92 Å². The highest BCUT2D eigenvalue weighted by Crippen LogP contribution is 2.43. The van der Waals surface area contributed by atoms with Crippen LogP contribution in [0.25, 0.3) is 38.7 Å². The van der Waals surface area contributed by atoms with Gasteiger partial charge in [0.15, 0.2) is 5.65 Å². The number of nitrogens with two attached hydrogens (primary N) is 1. The Morgan fingerprint density at radius 3 is 2.39 bits per heavy atom. The number of fused-ring (bicyclic) bond motifs is 2. The van der Waals surface area contributed by atoms with Crippen LogP contribution >= 0.6 is 0 Å². The molecule has 1 aliphatic rings. The van der Waals surface area contributed by atoms with Gasteiger partial charge in [-0.3, -0.25) is 4.79 Å². The number of rotatable bonds is 5. The molecule has 180 valence electrons. The average Bonchev–Trinajstić information content (AvgIpc) is 3.33. The predicted molar refractivity (Wildman–Crippen MR) is 143 cm³/mol. The molecule has 1 saturated carbocycles. The minimum atomic E-state index is -0.716. The van der Waals surface area contributed by atoms with E-state index in [0.717, 1.165) is 59.3 Å². The highest BCUT2D eigenvalue weighted by atomic mass is 16.4. The quantitative estimate of drug-likeness (QED) is 0.300. The number of carboxylic acid groups (broad SMARTS) is 1. The van der Waals surface area contributed by atoms with Crippen LogP contribution in [0.5, 0.6) is 0 Å². The molecular weight excluding hydrogens is 448 g/mol. The van der Waals surface area contributed by atoms with E-state index in [4.69, 9.17) is 10.7 Å². The topological polar surface area (TPSA) is 93.5 Å². The molecular formula is C30H28N4O2. The van der Waals surface area contributed by atoms with Crippen LogP contribution in [0.4, 0.5) is 5.82 Å². The molecule has 0 aliphatic heterocycles. The lowest BCUT2D eigenvalue weighted by atomic mass is 9.77. The van der Waals surface area contributed by atoms with E-state index in [2.05, 4.69) is 47.6 Å². The summed E-state index contributed by atoms with van der Waals surface area (Å²) in [5, 5.41) is 16.3. The summed E-state index contributed by atoms with van der Waals surface area (Å²) in [7, 11) is 0. The minimum Gasteiger partial charge on any atom is -0.481 e. The molecule has 3 aromatic carbocycles. The fourth-order valence-electron chi connectivity index (χ4n) is 5.68. The minimum absolute atomic E-state index is 0.219. The Balaban J connectivity index is 1.49. The molecule has 0 atom stereocenters. The lowest BCUT2D eigenvalue weighted by Gasteiger charge is -2.29. The maximum Gasteiger partial charge on any atom is 0.303 e. The fourth-order valence-corrected chi connectivity index (χ4v) is 5.68. The molecule has 5 aromatic rings. The summed E-state index contributed by atoms with van der Waals surface area (Å²) in [4.78, 5) is 16.5. The molecule has 2 heterocycles. The van der Waals surface area contributed by atoms with Gasteiger partial charge in [0.05, 0.1) is 11.9 Å². The van der Waals surface area contributed by atoms with E-state index in [1.807, 2.05) is 36.5 Å². The zero-order valence-corrected chi connectivity index (χ0v) is 20.0. The third-order valence-electron chi connectivity index (χ3n) is 7.53. The van der Waals surface area contributed by atoms with Crippen molar-refractivity contribution in [3.8, 4) is 22.3 Å². The highest BCUT2D eigenvalue weighted by Gasteiger charge is 2.29. The van der Waals surface area contributed by atoms with Crippen LogP contribution in [0.15, 0.2) is 79.0 Å². The molecule has 0 unspecified atom stereocenters. The van der Waals surface area contributed by atoms with Gasteiger partial charge >= 0.3 is 5.97 Å². The second-order valence-corrected chi connectivity index (χ2v) is 9.79. The summed E-state index contributed by atoms with van der Waals surface area (Å²) in [6, 6.07) is 24.9. The fraction of sp³-hybridized carbons (Fsp3) is 0.233. The van der Waals surface area contributed by atoms with Crippen molar-refractivity contribution < 1.29 is 9.90 Å². The van der Waals surface area contributed by atoms with Crippen LogP contribution in [-0.2, 0) is 4.79 Å². The summed E-state index contributed by atoms with van der Waals surface area (Å²) in [5.74, 6) is 0.312. The normalized spacial score (nSPS) is 18.0. The Hall–Kier alpha value is -4.19. The maximum absolute atomic E-state index is 11.2. The Labute approximate surface area is 209 Å². The largest absolute Gasteiger partial charge is 0.481 e. The van der Waals surface area contributed by atoms with Crippen molar-refractivity contribution in [1.82, 2.24) is 14.6 Å². The highest BCUT2D eigenvalue weighted by molar-refractivity contribution is 5.91. The molecule has 3 N–H and O–H groups in total. The number of aliphatic carboxylic acids is 1. The summed E-state index contributed by atoms with van der Waals surface area (Å²) in [6.07, 6.45) is 5.66. The molecule has 2 aromatic heterocycles. The molecule has 1 aliphatic carbocycles. The number of hydrogen-bond acceptors (Lipinski definition) is 4. The van der Waals surface area contributed by atoms with Crippen molar-refractivity contribution in [1.29, 1.82) is 0 Å². The van der Waals surface area contributed by atoms with Crippen molar-refractivity contribution >= 4 is 28.2 Å². The second-order valence-electron chi connectivity index (χ2n) is 9.79. The standard InChI is InChI=1S/C30H28N4O2/c31-29-27(21-7-2-1-3-8-21)28(22-12-10-19(11-13-22)16-26(35)36)33-30-25(18-32-34(29)30)24-15-14-20-6-4-5-9-23(20)17-24/h1-9,14-15,17-19,22H,10-13,16,31H2,(H,35,36)/t19-,22+. The van der Waals surface area contributed by atoms with Gasteiger partial charge in [-0.05, 0) is 59.6 Å². The Kier molecular flexibility index (Phi) is 5.64. The molecule has 6 rings (SSSR count). The number of aromatic nitrogens is 3. The van der Waals surface area contributed by atoms with E-state index in [9.17, 15) is 9.90 Å². The van der Waals surface area contributed by atoms with E-state index in [1.165, 1.54) is 10.8 Å². The molecule has 1 fully saturated rings. The summed E-state index contributed by atoms with van der Waals surface area (Å²) < 4.78 is 1.76. The van der Waals surface area contributed by atoms with Crippen molar-refractivity contribution in [2.45, 2.75) is 38.0 Å². The van der Waals surface area contributed by atoms with Gasteiger partial charge in [-0.2, -0.15) is 9.61 Å². The first-order chi connectivity index (χ1) is 17.6. The maximum atomic E-state index is 11.2. The molecule has 6 nitrogen and oxygen atoms in total. The monoisotopic (exact) mass is 476 g/mol. The van der Waals surface area contributed by atoms with Crippen LogP contribution < -0.4 is 5.73 Å². The zero-order chi connectivity index (χ0) is 24.6. The summed E-state index contributed by atoms with van der Waals surface area (Å²) in [6.45, 7) is 0. The summed E-state index contributed by atoms with van der Waals surface area (Å²) in [5.41, 5.74) is 12.5. The van der Waals surface area contributed by atoms with E-state index in [-0.39, 0.29) is 18.3 Å². The average molecular weight is 477 g/mol. The van der Waals surface area contributed by atoms with Gasteiger partial charge in [-0.25, -0.2) is 4.98 Å². The lowest BCUT2D eigenvalue weighted by molar-refractivity contribution is -0.138. The van der Waals surface area contributed by atoms with Crippen molar-refractivity contribution in [3.63, 3.8) is 0 Å². The third-order valence-corrected chi connectivity index (χ3v) is 7.53. The summed E-state index contributed by atoms with van der Waals surface area (Å²) >= 11 is 0. The Bertz CT molecular complexity index is 1570. The number of nitrogens with zero attached hydrogens (tertiary/aromatic N) is 3. The molecule has 0 spiro atoms. The molecule has 0 amide bonds. The van der Waals surface area contributed by atoms with E-state index >= 15 is 0 Å². The van der Waals surface area contributed by atoms with E-state index in [0.29, 0.717) is 5.82 Å². The number of carbonyl (C=O) groups is 1. The zero-order valence-electron chi connectivity index (χ0n) is 20.0.